The molecule has 108 valence electrons. The molecule has 2 rings (SSSR count). The van der Waals surface area contributed by atoms with Crippen molar-refractivity contribution in [3.05, 3.63) is 64.4 Å². The number of carboxylic acids is 1. The van der Waals surface area contributed by atoms with E-state index in [1.807, 2.05) is 18.2 Å². The summed E-state index contributed by atoms with van der Waals surface area (Å²) < 4.78 is 0. The number of carbonyl (C=O) groups excluding carboxylic acids is 1. The van der Waals surface area contributed by atoms with Crippen LogP contribution in [0.2, 0.25) is 5.02 Å². The summed E-state index contributed by atoms with van der Waals surface area (Å²) in [5.74, 6) is -1.53. The van der Waals surface area contributed by atoms with Gasteiger partial charge in [0.2, 0.25) is 0 Å². The van der Waals surface area contributed by atoms with Crippen molar-refractivity contribution in [3.63, 3.8) is 0 Å². The summed E-state index contributed by atoms with van der Waals surface area (Å²) in [4.78, 5) is 28.4. The van der Waals surface area contributed by atoms with Crippen molar-refractivity contribution < 1.29 is 14.7 Å². The SMILES string of the molecule is CN(Cc1ccccc1Cl)C(=O)c1cccc(C(=O)O)n1. The molecule has 5 nitrogen and oxygen atoms in total. The number of hydrogen-bond donors (Lipinski definition) is 1. The molecule has 0 aliphatic carbocycles. The van der Waals surface area contributed by atoms with Crippen LogP contribution in [0.3, 0.4) is 0 Å². The van der Waals surface area contributed by atoms with Gasteiger partial charge in [0.25, 0.3) is 5.91 Å². The second-order valence-corrected chi connectivity index (χ2v) is 4.87. The Kier molecular flexibility index (Phi) is 4.55. The van der Waals surface area contributed by atoms with E-state index < -0.39 is 5.97 Å². The Hall–Kier alpha value is -2.40. The van der Waals surface area contributed by atoms with Gasteiger partial charge in [-0.2, -0.15) is 0 Å². The number of halogens is 1. The largest absolute Gasteiger partial charge is 0.477 e. The predicted octanol–water partition coefficient (Wildman–Crippen LogP) is 2.71. The number of rotatable bonds is 4. The normalized spacial score (nSPS) is 10.2. The van der Waals surface area contributed by atoms with E-state index in [1.165, 1.54) is 23.1 Å². The van der Waals surface area contributed by atoms with Gasteiger partial charge in [0.05, 0.1) is 0 Å². The van der Waals surface area contributed by atoms with Crippen molar-refractivity contribution in [3.8, 4) is 0 Å². The molecule has 0 bridgehead atoms. The molecule has 0 spiro atoms. The first-order valence-corrected chi connectivity index (χ1v) is 6.56. The fraction of sp³-hybridized carbons (Fsp3) is 0.133. The van der Waals surface area contributed by atoms with E-state index in [0.29, 0.717) is 11.6 Å². The molecule has 2 aromatic rings. The van der Waals surface area contributed by atoms with E-state index in [9.17, 15) is 9.59 Å². The summed E-state index contributed by atoms with van der Waals surface area (Å²) in [7, 11) is 1.61. The molecule has 0 fully saturated rings. The number of aromatic carboxylic acids is 1. The molecular formula is C15H13ClN2O3. The molecule has 0 aliphatic rings. The van der Waals surface area contributed by atoms with Gasteiger partial charge in [-0.1, -0.05) is 35.9 Å². The minimum atomic E-state index is -1.17. The summed E-state index contributed by atoms with van der Waals surface area (Å²) in [5, 5.41) is 9.47. The Balaban J connectivity index is 2.18. The Morgan fingerprint density at radius 1 is 1.14 bits per heavy atom. The van der Waals surface area contributed by atoms with Gasteiger partial charge in [-0.15, -0.1) is 0 Å². The van der Waals surface area contributed by atoms with Crippen LogP contribution in [-0.2, 0) is 6.54 Å². The molecule has 0 saturated heterocycles. The Morgan fingerprint density at radius 3 is 2.48 bits per heavy atom. The number of carbonyl (C=O) groups is 2. The number of benzene rings is 1. The lowest BCUT2D eigenvalue weighted by Crippen LogP contribution is -2.27. The summed E-state index contributed by atoms with van der Waals surface area (Å²) in [6, 6.07) is 11.5. The Morgan fingerprint density at radius 2 is 1.81 bits per heavy atom. The van der Waals surface area contributed by atoms with Crippen molar-refractivity contribution >= 4 is 23.5 Å². The number of aromatic nitrogens is 1. The van der Waals surface area contributed by atoms with Gasteiger partial charge in [0.1, 0.15) is 11.4 Å². The molecule has 6 heteroatoms. The minimum absolute atomic E-state index is 0.0875. The lowest BCUT2D eigenvalue weighted by molar-refractivity contribution is 0.0690. The highest BCUT2D eigenvalue weighted by Crippen LogP contribution is 2.17. The molecule has 0 saturated carbocycles. The monoisotopic (exact) mass is 304 g/mol. The first-order valence-electron chi connectivity index (χ1n) is 6.18. The van der Waals surface area contributed by atoms with Gasteiger partial charge in [-0.05, 0) is 23.8 Å². The van der Waals surface area contributed by atoms with E-state index in [2.05, 4.69) is 4.98 Å². The zero-order valence-corrected chi connectivity index (χ0v) is 12.0. The topological polar surface area (TPSA) is 70.5 Å². The Labute approximate surface area is 126 Å². The molecule has 1 aromatic carbocycles. The van der Waals surface area contributed by atoms with Gasteiger partial charge in [-0.25, -0.2) is 9.78 Å². The average Bonchev–Trinajstić information content (AvgIpc) is 2.49. The van der Waals surface area contributed by atoms with E-state index in [0.717, 1.165) is 5.56 Å². The fourth-order valence-electron chi connectivity index (χ4n) is 1.82. The number of amides is 1. The first kappa shape index (κ1) is 15.0. The van der Waals surface area contributed by atoms with Gasteiger partial charge in [-0.3, -0.25) is 4.79 Å². The predicted molar refractivity (Wildman–Crippen MR) is 78.4 cm³/mol. The number of hydrogen-bond acceptors (Lipinski definition) is 3. The fourth-order valence-corrected chi connectivity index (χ4v) is 2.02. The highest BCUT2D eigenvalue weighted by atomic mass is 35.5. The van der Waals surface area contributed by atoms with Crippen LogP contribution in [0.5, 0.6) is 0 Å². The number of nitrogens with zero attached hydrogens (tertiary/aromatic N) is 2. The van der Waals surface area contributed by atoms with Crippen molar-refractivity contribution in [2.75, 3.05) is 7.05 Å². The Bertz CT molecular complexity index is 688. The molecule has 1 aromatic heterocycles. The zero-order chi connectivity index (χ0) is 15.4. The van der Waals surface area contributed by atoms with Crippen LogP contribution >= 0.6 is 11.6 Å². The van der Waals surface area contributed by atoms with Crippen LogP contribution in [0.1, 0.15) is 26.5 Å². The minimum Gasteiger partial charge on any atom is -0.477 e. The number of pyridine rings is 1. The summed E-state index contributed by atoms with van der Waals surface area (Å²) in [5.41, 5.74) is 0.737. The van der Waals surface area contributed by atoms with Gasteiger partial charge in [0, 0.05) is 18.6 Å². The van der Waals surface area contributed by atoms with Crippen LogP contribution in [0, 0.1) is 0 Å². The molecule has 21 heavy (non-hydrogen) atoms. The lowest BCUT2D eigenvalue weighted by atomic mass is 10.2. The molecular weight excluding hydrogens is 292 g/mol. The van der Waals surface area contributed by atoms with Crippen molar-refractivity contribution in [1.29, 1.82) is 0 Å². The van der Waals surface area contributed by atoms with Crippen LogP contribution < -0.4 is 0 Å². The van der Waals surface area contributed by atoms with Gasteiger partial charge in [0.15, 0.2) is 0 Å². The van der Waals surface area contributed by atoms with Crippen molar-refractivity contribution in [2.24, 2.45) is 0 Å². The van der Waals surface area contributed by atoms with Crippen molar-refractivity contribution in [1.82, 2.24) is 9.88 Å². The third-order valence-electron chi connectivity index (χ3n) is 2.90. The smallest absolute Gasteiger partial charge is 0.354 e. The highest BCUT2D eigenvalue weighted by Gasteiger charge is 2.16. The van der Waals surface area contributed by atoms with Crippen molar-refractivity contribution in [2.45, 2.75) is 6.54 Å². The summed E-state index contributed by atoms with van der Waals surface area (Å²) in [6.07, 6.45) is 0. The maximum atomic E-state index is 12.3. The van der Waals surface area contributed by atoms with Crippen LogP contribution in [0.25, 0.3) is 0 Å². The summed E-state index contributed by atoms with van der Waals surface area (Å²) in [6.45, 7) is 0.317. The third kappa shape index (κ3) is 3.58. The molecule has 0 unspecified atom stereocenters. The average molecular weight is 305 g/mol. The molecule has 1 amide bonds. The second-order valence-electron chi connectivity index (χ2n) is 4.47. The van der Waals surface area contributed by atoms with E-state index in [4.69, 9.17) is 16.7 Å². The zero-order valence-electron chi connectivity index (χ0n) is 11.3. The maximum absolute atomic E-state index is 12.3. The molecule has 1 N–H and O–H groups in total. The molecule has 0 atom stereocenters. The number of carboxylic acid groups (broad SMARTS) is 1. The second kappa shape index (κ2) is 6.37. The lowest BCUT2D eigenvalue weighted by Gasteiger charge is -2.17. The quantitative estimate of drug-likeness (QED) is 0.943. The van der Waals surface area contributed by atoms with E-state index >= 15 is 0 Å². The third-order valence-corrected chi connectivity index (χ3v) is 3.27. The highest BCUT2D eigenvalue weighted by molar-refractivity contribution is 6.31. The van der Waals surface area contributed by atoms with Gasteiger partial charge >= 0.3 is 5.97 Å². The van der Waals surface area contributed by atoms with Crippen LogP contribution in [0.15, 0.2) is 42.5 Å². The first-order chi connectivity index (χ1) is 9.99. The maximum Gasteiger partial charge on any atom is 0.354 e. The van der Waals surface area contributed by atoms with Crippen LogP contribution in [0.4, 0.5) is 0 Å². The molecule has 0 aliphatic heterocycles. The molecule has 0 radical (unpaired) electrons. The summed E-state index contributed by atoms with van der Waals surface area (Å²) >= 11 is 6.05. The van der Waals surface area contributed by atoms with E-state index in [1.54, 1.807) is 13.1 Å². The standard InChI is InChI=1S/C15H13ClN2O3/c1-18(9-10-5-2-3-6-11(10)16)14(19)12-7-4-8-13(17-12)15(20)21/h2-8H,9H2,1H3,(H,20,21). The van der Waals surface area contributed by atoms with Crippen LogP contribution in [-0.4, -0.2) is 33.9 Å². The van der Waals surface area contributed by atoms with Gasteiger partial charge < -0.3 is 10.0 Å². The van der Waals surface area contributed by atoms with E-state index in [-0.39, 0.29) is 17.3 Å². The molecule has 1 heterocycles.